The normalized spacial score (nSPS) is 13.5. The van der Waals surface area contributed by atoms with Crippen LogP contribution < -0.4 is 5.32 Å². The van der Waals surface area contributed by atoms with Gasteiger partial charge in [-0.15, -0.1) is 6.58 Å². The Balaban J connectivity index is 4.49. The molecule has 2 N–H and O–H groups in total. The van der Waals surface area contributed by atoms with Crippen LogP contribution in [0.4, 0.5) is 4.79 Å². The van der Waals surface area contributed by atoms with Crippen LogP contribution >= 0.6 is 0 Å². The number of amides is 2. The Morgan fingerprint density at radius 3 is 2.44 bits per heavy atom. The molecule has 5 heteroatoms. The third kappa shape index (κ3) is 5.70. The van der Waals surface area contributed by atoms with Gasteiger partial charge in [-0.05, 0) is 19.3 Å². The molecule has 2 unspecified atom stereocenters. The van der Waals surface area contributed by atoms with Crippen LogP contribution in [0.2, 0.25) is 0 Å². The minimum absolute atomic E-state index is 0.224. The van der Waals surface area contributed by atoms with Crippen molar-refractivity contribution < 1.29 is 14.7 Å². The minimum atomic E-state index is -1.04. The highest BCUT2D eigenvalue weighted by Crippen LogP contribution is 2.05. The Bertz CT molecular complexity index is 292. The summed E-state index contributed by atoms with van der Waals surface area (Å²) >= 11 is 0. The summed E-state index contributed by atoms with van der Waals surface area (Å²) < 4.78 is 0. The van der Waals surface area contributed by atoms with Crippen molar-refractivity contribution in [3.8, 4) is 0 Å². The summed E-state index contributed by atoms with van der Waals surface area (Å²) in [6, 6.07) is -1.23. The predicted molar refractivity (Wildman–Crippen MR) is 71.5 cm³/mol. The number of carboxylic acids is 1. The summed E-state index contributed by atoms with van der Waals surface area (Å²) in [6.07, 6.45) is 2.70. The van der Waals surface area contributed by atoms with Crippen LogP contribution in [0.15, 0.2) is 12.7 Å². The van der Waals surface area contributed by atoms with Crippen molar-refractivity contribution in [1.82, 2.24) is 10.2 Å². The number of hydrogen-bond donors (Lipinski definition) is 2. The molecule has 5 nitrogen and oxygen atoms in total. The molecule has 0 fully saturated rings. The van der Waals surface area contributed by atoms with E-state index in [1.54, 1.807) is 4.90 Å². The molecule has 2 amide bonds. The molecule has 0 saturated carbocycles. The van der Waals surface area contributed by atoms with Crippen molar-refractivity contribution in [2.24, 2.45) is 5.92 Å². The lowest BCUT2D eigenvalue weighted by atomic mass is 10.1. The zero-order valence-electron chi connectivity index (χ0n) is 11.5. The van der Waals surface area contributed by atoms with Crippen LogP contribution in [0.3, 0.4) is 0 Å². The predicted octanol–water partition coefficient (Wildman–Crippen LogP) is 2.09. The van der Waals surface area contributed by atoms with Gasteiger partial charge in [0.15, 0.2) is 0 Å². The monoisotopic (exact) mass is 256 g/mol. The van der Waals surface area contributed by atoms with Crippen molar-refractivity contribution in [2.75, 3.05) is 13.1 Å². The third-order valence-electron chi connectivity index (χ3n) is 2.90. The summed E-state index contributed by atoms with van der Waals surface area (Å²) in [6.45, 7) is 10.7. The average Bonchev–Trinajstić information content (AvgIpc) is 2.34. The molecule has 0 bridgehead atoms. The molecule has 0 aliphatic carbocycles. The molecular weight excluding hydrogens is 232 g/mol. The van der Waals surface area contributed by atoms with E-state index in [2.05, 4.69) is 25.7 Å². The average molecular weight is 256 g/mol. The Morgan fingerprint density at radius 2 is 2.06 bits per heavy atom. The van der Waals surface area contributed by atoms with Gasteiger partial charge < -0.3 is 15.3 Å². The van der Waals surface area contributed by atoms with Crippen molar-refractivity contribution in [3.05, 3.63) is 12.7 Å². The maximum absolute atomic E-state index is 11.9. The van der Waals surface area contributed by atoms with Crippen molar-refractivity contribution >= 4 is 12.0 Å². The molecule has 104 valence electrons. The summed E-state index contributed by atoms with van der Waals surface area (Å²) in [7, 11) is 0. The van der Waals surface area contributed by atoms with Gasteiger partial charge in [-0.25, -0.2) is 9.59 Å². The molecular formula is C13H24N2O3. The van der Waals surface area contributed by atoms with Gasteiger partial charge in [-0.3, -0.25) is 0 Å². The lowest BCUT2D eigenvalue weighted by molar-refractivity contribution is -0.139. The minimum Gasteiger partial charge on any atom is -0.480 e. The Kier molecular flexibility index (Phi) is 7.83. The Labute approximate surface area is 109 Å². The van der Waals surface area contributed by atoms with Gasteiger partial charge in [0.1, 0.15) is 6.04 Å². The largest absolute Gasteiger partial charge is 0.480 e. The van der Waals surface area contributed by atoms with Crippen molar-refractivity contribution in [3.63, 3.8) is 0 Å². The van der Waals surface area contributed by atoms with Crippen molar-refractivity contribution in [2.45, 2.75) is 39.7 Å². The van der Waals surface area contributed by atoms with E-state index in [9.17, 15) is 9.59 Å². The molecule has 2 atom stereocenters. The smallest absolute Gasteiger partial charge is 0.326 e. The lowest BCUT2D eigenvalue weighted by Crippen LogP contribution is -2.48. The first kappa shape index (κ1) is 16.5. The topological polar surface area (TPSA) is 69.6 Å². The van der Waals surface area contributed by atoms with E-state index in [0.717, 1.165) is 6.42 Å². The maximum atomic E-state index is 11.9. The summed E-state index contributed by atoms with van der Waals surface area (Å²) in [5.74, 6) is -0.638. The van der Waals surface area contributed by atoms with E-state index in [0.29, 0.717) is 19.0 Å². The lowest BCUT2D eigenvalue weighted by Gasteiger charge is -2.26. The number of aliphatic carboxylic acids is 1. The standard InChI is InChI=1S/C13H24N2O3/c1-5-8-11(12(16)17)14-13(18)15(7-3)9-10(4)6-2/h5,10-11H,1,6-9H2,2-4H3,(H,14,18)(H,16,17). The number of hydrogen-bond acceptors (Lipinski definition) is 2. The molecule has 0 radical (unpaired) electrons. The second kappa shape index (κ2) is 8.55. The highest BCUT2D eigenvalue weighted by molar-refractivity contribution is 5.82. The Hall–Kier alpha value is -1.52. The maximum Gasteiger partial charge on any atom is 0.326 e. The molecule has 0 aromatic carbocycles. The van der Waals surface area contributed by atoms with Gasteiger partial charge in [-0.2, -0.15) is 0 Å². The van der Waals surface area contributed by atoms with Gasteiger partial charge in [0, 0.05) is 13.1 Å². The van der Waals surface area contributed by atoms with Crippen LogP contribution in [-0.2, 0) is 4.79 Å². The number of carbonyl (C=O) groups is 2. The highest BCUT2D eigenvalue weighted by atomic mass is 16.4. The van der Waals surface area contributed by atoms with Gasteiger partial charge in [-0.1, -0.05) is 26.3 Å². The van der Waals surface area contributed by atoms with Crippen molar-refractivity contribution in [1.29, 1.82) is 0 Å². The fraction of sp³-hybridized carbons (Fsp3) is 0.692. The quantitative estimate of drug-likeness (QED) is 0.653. The summed E-state index contributed by atoms with van der Waals surface area (Å²) in [5.41, 5.74) is 0. The highest BCUT2D eigenvalue weighted by Gasteiger charge is 2.21. The summed E-state index contributed by atoms with van der Waals surface area (Å²) in [4.78, 5) is 24.5. The number of carboxylic acid groups (broad SMARTS) is 1. The van der Waals surface area contributed by atoms with Gasteiger partial charge >= 0.3 is 12.0 Å². The Morgan fingerprint density at radius 1 is 1.44 bits per heavy atom. The zero-order chi connectivity index (χ0) is 14.1. The van der Waals surface area contributed by atoms with E-state index < -0.39 is 12.0 Å². The number of urea groups is 1. The molecule has 0 aromatic rings. The van der Waals surface area contributed by atoms with Crippen LogP contribution in [0.25, 0.3) is 0 Å². The number of carbonyl (C=O) groups excluding carboxylic acids is 1. The van der Waals surface area contributed by atoms with Crippen LogP contribution in [-0.4, -0.2) is 41.1 Å². The molecule has 0 aromatic heterocycles. The molecule has 18 heavy (non-hydrogen) atoms. The first-order chi connectivity index (χ1) is 8.46. The summed E-state index contributed by atoms with van der Waals surface area (Å²) in [5, 5.41) is 11.5. The first-order valence-corrected chi connectivity index (χ1v) is 6.35. The van der Waals surface area contributed by atoms with E-state index in [4.69, 9.17) is 5.11 Å². The molecule has 0 aliphatic rings. The van der Waals surface area contributed by atoms with E-state index in [1.807, 2.05) is 6.92 Å². The number of nitrogens with zero attached hydrogens (tertiary/aromatic N) is 1. The number of nitrogens with one attached hydrogen (secondary N) is 1. The third-order valence-corrected chi connectivity index (χ3v) is 2.90. The second-order valence-corrected chi connectivity index (χ2v) is 4.42. The molecule has 0 spiro atoms. The fourth-order valence-corrected chi connectivity index (χ4v) is 1.49. The first-order valence-electron chi connectivity index (χ1n) is 6.35. The SMILES string of the molecule is C=CCC(NC(=O)N(CC)CC(C)CC)C(=O)O. The van der Waals surface area contributed by atoms with Crippen LogP contribution in [0.5, 0.6) is 0 Å². The molecule has 0 saturated heterocycles. The van der Waals surface area contributed by atoms with E-state index in [1.165, 1.54) is 6.08 Å². The van der Waals surface area contributed by atoms with Crippen LogP contribution in [0.1, 0.15) is 33.6 Å². The fourth-order valence-electron chi connectivity index (χ4n) is 1.49. The van der Waals surface area contributed by atoms with Crippen LogP contribution in [0, 0.1) is 5.92 Å². The number of rotatable bonds is 8. The second-order valence-electron chi connectivity index (χ2n) is 4.42. The van der Waals surface area contributed by atoms with E-state index >= 15 is 0 Å². The van der Waals surface area contributed by atoms with Gasteiger partial charge in [0.25, 0.3) is 0 Å². The zero-order valence-corrected chi connectivity index (χ0v) is 11.5. The molecule has 0 aliphatic heterocycles. The van der Waals surface area contributed by atoms with Gasteiger partial charge in [0.05, 0.1) is 0 Å². The van der Waals surface area contributed by atoms with Gasteiger partial charge in [0.2, 0.25) is 0 Å². The molecule has 0 rings (SSSR count). The van der Waals surface area contributed by atoms with E-state index in [-0.39, 0.29) is 12.5 Å². The molecule has 0 heterocycles.